The number of nitrogens with zero attached hydrogens (tertiary/aromatic N) is 1. The van der Waals surface area contributed by atoms with Gasteiger partial charge in [0.15, 0.2) is 0 Å². The van der Waals surface area contributed by atoms with Crippen molar-refractivity contribution in [1.82, 2.24) is 0 Å². The summed E-state index contributed by atoms with van der Waals surface area (Å²) in [5.74, 6) is -0.703. The minimum atomic E-state index is -0.748. The summed E-state index contributed by atoms with van der Waals surface area (Å²) in [5, 5.41) is 12.6. The van der Waals surface area contributed by atoms with Gasteiger partial charge in [-0.2, -0.15) is 0 Å². The van der Waals surface area contributed by atoms with E-state index in [1.165, 1.54) is 6.92 Å². The lowest BCUT2D eigenvalue weighted by atomic mass is 10.1. The lowest BCUT2D eigenvalue weighted by molar-refractivity contribution is -0.384. The fourth-order valence-corrected chi connectivity index (χ4v) is 1.12. The molecule has 0 heterocycles. The molecule has 0 saturated carbocycles. The molecule has 0 bridgehead atoms. The molecule has 1 aromatic carbocycles. The fraction of sp³-hybridized carbons (Fsp3) is 0.125. The summed E-state index contributed by atoms with van der Waals surface area (Å²) >= 11 is 0. The maximum absolute atomic E-state index is 12.8. The number of nitro benzene ring substituents is 1. The zero-order valence-electron chi connectivity index (χ0n) is 7.28. The standard InChI is InChI=1S/C8H7FN2O3/c1-5-2-6(9)3-7(11(13)14)8(5)10-4-12/h2-4H,1H3,(H,10,12). The van der Waals surface area contributed by atoms with Gasteiger partial charge in [-0.1, -0.05) is 0 Å². The van der Waals surface area contributed by atoms with E-state index in [4.69, 9.17) is 0 Å². The van der Waals surface area contributed by atoms with Crippen molar-refractivity contribution in [1.29, 1.82) is 0 Å². The van der Waals surface area contributed by atoms with Crippen molar-refractivity contribution in [2.75, 3.05) is 5.32 Å². The predicted octanol–water partition coefficient (Wildman–Crippen LogP) is 1.61. The van der Waals surface area contributed by atoms with Gasteiger partial charge in [-0.05, 0) is 18.6 Å². The zero-order valence-corrected chi connectivity index (χ0v) is 7.28. The van der Waals surface area contributed by atoms with E-state index in [1.54, 1.807) is 0 Å². The van der Waals surface area contributed by atoms with Crippen LogP contribution in [-0.2, 0) is 4.79 Å². The zero-order chi connectivity index (χ0) is 10.7. The molecule has 0 atom stereocenters. The normalized spacial score (nSPS) is 9.57. The molecule has 0 fully saturated rings. The predicted molar refractivity (Wildman–Crippen MR) is 47.5 cm³/mol. The summed E-state index contributed by atoms with van der Waals surface area (Å²) < 4.78 is 12.8. The maximum atomic E-state index is 12.8. The molecule has 0 unspecified atom stereocenters. The van der Waals surface area contributed by atoms with Crippen molar-refractivity contribution in [2.45, 2.75) is 6.92 Å². The van der Waals surface area contributed by atoms with Gasteiger partial charge in [0.1, 0.15) is 11.5 Å². The molecule has 1 rings (SSSR count). The fourth-order valence-electron chi connectivity index (χ4n) is 1.12. The third kappa shape index (κ3) is 1.85. The van der Waals surface area contributed by atoms with Crippen LogP contribution in [0.25, 0.3) is 0 Å². The van der Waals surface area contributed by atoms with Crippen molar-refractivity contribution in [3.8, 4) is 0 Å². The van der Waals surface area contributed by atoms with Gasteiger partial charge in [-0.15, -0.1) is 0 Å². The third-order valence-corrected chi connectivity index (χ3v) is 1.68. The van der Waals surface area contributed by atoms with E-state index >= 15 is 0 Å². The number of rotatable bonds is 3. The van der Waals surface area contributed by atoms with E-state index in [2.05, 4.69) is 5.32 Å². The van der Waals surface area contributed by atoms with E-state index in [-0.39, 0.29) is 5.69 Å². The Hall–Kier alpha value is -1.98. The first-order valence-corrected chi connectivity index (χ1v) is 3.71. The summed E-state index contributed by atoms with van der Waals surface area (Å²) in [6.07, 6.45) is 0.313. The number of benzene rings is 1. The van der Waals surface area contributed by atoms with Crippen molar-refractivity contribution in [2.24, 2.45) is 0 Å². The number of nitro groups is 1. The molecular formula is C8H7FN2O3. The Labute approximate surface area is 78.7 Å². The molecule has 0 spiro atoms. The van der Waals surface area contributed by atoms with E-state index in [0.717, 1.165) is 12.1 Å². The first-order chi connectivity index (χ1) is 6.56. The lowest BCUT2D eigenvalue weighted by Crippen LogP contribution is -2.02. The Morgan fingerprint density at radius 1 is 1.57 bits per heavy atom. The van der Waals surface area contributed by atoms with Gasteiger partial charge in [0.2, 0.25) is 6.41 Å². The van der Waals surface area contributed by atoms with Crippen LogP contribution < -0.4 is 5.32 Å². The number of carbonyl (C=O) groups is 1. The van der Waals surface area contributed by atoms with Gasteiger partial charge < -0.3 is 5.32 Å². The molecule has 0 aromatic heterocycles. The molecule has 1 amide bonds. The highest BCUT2D eigenvalue weighted by Crippen LogP contribution is 2.28. The van der Waals surface area contributed by atoms with Crippen LogP contribution in [-0.4, -0.2) is 11.3 Å². The average Bonchev–Trinajstić information content (AvgIpc) is 2.09. The molecule has 1 N–H and O–H groups in total. The van der Waals surface area contributed by atoms with Crippen molar-refractivity contribution >= 4 is 17.8 Å². The van der Waals surface area contributed by atoms with Crippen LogP contribution in [0.2, 0.25) is 0 Å². The topological polar surface area (TPSA) is 72.2 Å². The van der Waals surface area contributed by atoms with E-state index in [9.17, 15) is 19.3 Å². The first kappa shape index (κ1) is 10.1. The first-order valence-electron chi connectivity index (χ1n) is 3.71. The highest BCUT2D eigenvalue weighted by atomic mass is 19.1. The summed E-state index contributed by atoms with van der Waals surface area (Å²) in [5.41, 5.74) is -0.121. The van der Waals surface area contributed by atoms with Gasteiger partial charge in [0, 0.05) is 0 Å². The van der Waals surface area contributed by atoms with Crippen molar-refractivity contribution in [3.63, 3.8) is 0 Å². The number of amides is 1. The second kappa shape index (κ2) is 3.82. The van der Waals surface area contributed by atoms with Crippen molar-refractivity contribution < 1.29 is 14.1 Å². The number of hydrogen-bond acceptors (Lipinski definition) is 3. The van der Waals surface area contributed by atoms with Gasteiger partial charge in [-0.3, -0.25) is 14.9 Å². The Kier molecular flexibility index (Phi) is 2.76. The highest BCUT2D eigenvalue weighted by molar-refractivity contribution is 5.79. The van der Waals surface area contributed by atoms with E-state index in [1.807, 2.05) is 0 Å². The van der Waals surface area contributed by atoms with Crippen LogP contribution in [0.1, 0.15) is 5.56 Å². The second-order valence-electron chi connectivity index (χ2n) is 2.64. The Morgan fingerprint density at radius 3 is 2.71 bits per heavy atom. The van der Waals surface area contributed by atoms with Crippen LogP contribution in [0.15, 0.2) is 12.1 Å². The Bertz CT molecular complexity index is 392. The minimum absolute atomic E-state index is 0.0198. The molecule has 74 valence electrons. The summed E-state index contributed by atoms with van der Waals surface area (Å²) in [6, 6.07) is 1.87. The highest BCUT2D eigenvalue weighted by Gasteiger charge is 2.17. The maximum Gasteiger partial charge on any atom is 0.295 e. The second-order valence-corrected chi connectivity index (χ2v) is 2.64. The van der Waals surface area contributed by atoms with Crippen LogP contribution in [0.4, 0.5) is 15.8 Å². The van der Waals surface area contributed by atoms with E-state index in [0.29, 0.717) is 12.0 Å². The van der Waals surface area contributed by atoms with Crippen molar-refractivity contribution in [3.05, 3.63) is 33.6 Å². The van der Waals surface area contributed by atoms with Crippen LogP contribution in [0.3, 0.4) is 0 Å². The SMILES string of the molecule is Cc1cc(F)cc([N+](=O)[O-])c1NC=O. The molecular weight excluding hydrogens is 191 g/mol. The largest absolute Gasteiger partial charge is 0.323 e. The number of halogens is 1. The average molecular weight is 198 g/mol. The lowest BCUT2D eigenvalue weighted by Gasteiger charge is -2.04. The Balaban J connectivity index is 3.35. The third-order valence-electron chi connectivity index (χ3n) is 1.68. The summed E-state index contributed by atoms with van der Waals surface area (Å²) in [7, 11) is 0. The molecule has 6 heteroatoms. The molecule has 14 heavy (non-hydrogen) atoms. The van der Waals surface area contributed by atoms with Gasteiger partial charge in [0.25, 0.3) is 5.69 Å². The Morgan fingerprint density at radius 2 is 2.21 bits per heavy atom. The van der Waals surface area contributed by atoms with Gasteiger partial charge in [-0.25, -0.2) is 4.39 Å². The molecule has 0 aliphatic heterocycles. The summed E-state index contributed by atoms with van der Waals surface area (Å²) in [4.78, 5) is 19.9. The summed E-state index contributed by atoms with van der Waals surface area (Å²) in [6.45, 7) is 1.47. The van der Waals surface area contributed by atoms with Gasteiger partial charge in [0.05, 0.1) is 11.0 Å². The van der Waals surface area contributed by atoms with E-state index < -0.39 is 16.4 Å². The number of carbonyl (C=O) groups excluding carboxylic acids is 1. The quantitative estimate of drug-likeness (QED) is 0.455. The van der Waals surface area contributed by atoms with Crippen LogP contribution >= 0.6 is 0 Å². The number of nitrogens with one attached hydrogen (secondary N) is 1. The molecule has 5 nitrogen and oxygen atoms in total. The number of aryl methyl sites for hydroxylation is 1. The monoisotopic (exact) mass is 198 g/mol. The molecule has 0 aliphatic carbocycles. The number of hydrogen-bond donors (Lipinski definition) is 1. The number of anilines is 1. The minimum Gasteiger partial charge on any atom is -0.323 e. The molecule has 0 aliphatic rings. The van der Waals surface area contributed by atoms with Crippen LogP contribution in [0.5, 0.6) is 0 Å². The van der Waals surface area contributed by atoms with Gasteiger partial charge >= 0.3 is 0 Å². The van der Waals surface area contributed by atoms with Crippen LogP contribution in [0, 0.1) is 22.9 Å². The molecule has 0 saturated heterocycles. The molecule has 1 aromatic rings. The molecule has 0 radical (unpaired) electrons. The smallest absolute Gasteiger partial charge is 0.295 e.